The van der Waals surface area contributed by atoms with Gasteiger partial charge < -0.3 is 10.1 Å². The van der Waals surface area contributed by atoms with E-state index in [1.807, 2.05) is 42.5 Å². The molecule has 1 atom stereocenters. The average molecular weight is 393 g/mol. The van der Waals surface area contributed by atoms with Crippen LogP contribution in [0.25, 0.3) is 0 Å². The molecule has 3 aromatic rings. The number of ether oxygens (including phenoxy) is 1. The Hall–Kier alpha value is -2.63. The van der Waals surface area contributed by atoms with Gasteiger partial charge in [-0.2, -0.15) is 0 Å². The Labute approximate surface area is 169 Å². The molecular weight excluding hydrogens is 368 g/mol. The molecule has 1 aliphatic heterocycles. The molecule has 0 spiro atoms. The molecule has 4 rings (SSSR count). The van der Waals surface area contributed by atoms with Gasteiger partial charge in [0.25, 0.3) is 0 Å². The highest BCUT2D eigenvalue weighted by Crippen LogP contribution is 2.37. The molecule has 1 unspecified atom stereocenters. The number of anilines is 1. The number of fused-ring (bicyclic) bond motifs is 1. The fourth-order valence-corrected chi connectivity index (χ4v) is 4.76. The highest BCUT2D eigenvalue weighted by Gasteiger charge is 2.30. The number of aryl methyl sites for hydroxylation is 1. The Morgan fingerprint density at radius 2 is 2.04 bits per heavy atom. The minimum absolute atomic E-state index is 0.0245. The molecule has 1 aliphatic rings. The SMILES string of the molecule is COc1ccc(C)cc1NC(=O)CN1CCc2sccc2C1c1ccccc1. The summed E-state index contributed by atoms with van der Waals surface area (Å²) >= 11 is 1.81. The van der Waals surface area contributed by atoms with Crippen LogP contribution < -0.4 is 10.1 Å². The van der Waals surface area contributed by atoms with Crippen LogP contribution in [-0.2, 0) is 11.2 Å². The summed E-state index contributed by atoms with van der Waals surface area (Å²) in [5, 5.41) is 5.19. The van der Waals surface area contributed by atoms with Gasteiger partial charge in [-0.1, -0.05) is 36.4 Å². The van der Waals surface area contributed by atoms with Crippen molar-refractivity contribution in [3.8, 4) is 5.75 Å². The first-order valence-electron chi connectivity index (χ1n) is 9.45. The van der Waals surface area contributed by atoms with Crippen molar-refractivity contribution in [2.45, 2.75) is 19.4 Å². The molecule has 2 heterocycles. The van der Waals surface area contributed by atoms with E-state index in [9.17, 15) is 4.79 Å². The van der Waals surface area contributed by atoms with E-state index in [4.69, 9.17) is 4.74 Å². The lowest BCUT2D eigenvalue weighted by atomic mass is 9.93. The zero-order valence-corrected chi connectivity index (χ0v) is 17.0. The number of hydrogen-bond acceptors (Lipinski definition) is 4. The van der Waals surface area contributed by atoms with Crippen molar-refractivity contribution in [2.75, 3.05) is 25.5 Å². The average Bonchev–Trinajstić information content (AvgIpc) is 3.17. The van der Waals surface area contributed by atoms with Gasteiger partial charge >= 0.3 is 0 Å². The van der Waals surface area contributed by atoms with E-state index in [1.165, 1.54) is 16.0 Å². The standard InChI is InChI=1S/C23H24N2O2S/c1-16-8-9-20(27-2)19(14-16)24-22(26)15-25-12-10-21-18(11-13-28-21)23(25)17-6-4-3-5-7-17/h3-9,11,13-14,23H,10,12,15H2,1-2H3,(H,24,26). The maximum Gasteiger partial charge on any atom is 0.238 e. The van der Waals surface area contributed by atoms with Gasteiger partial charge in [-0.15, -0.1) is 11.3 Å². The predicted octanol–water partition coefficient (Wildman–Crippen LogP) is 4.65. The number of carbonyl (C=O) groups is 1. The number of rotatable bonds is 5. The summed E-state index contributed by atoms with van der Waals surface area (Å²) in [7, 11) is 1.62. The van der Waals surface area contributed by atoms with E-state index >= 15 is 0 Å². The van der Waals surface area contributed by atoms with Crippen molar-refractivity contribution < 1.29 is 9.53 Å². The molecule has 0 saturated carbocycles. The summed E-state index contributed by atoms with van der Waals surface area (Å²) in [6.45, 7) is 3.21. The van der Waals surface area contributed by atoms with Gasteiger partial charge in [0.2, 0.25) is 5.91 Å². The fourth-order valence-electron chi connectivity index (χ4n) is 3.86. The van der Waals surface area contributed by atoms with Gasteiger partial charge in [-0.3, -0.25) is 9.69 Å². The zero-order chi connectivity index (χ0) is 19.5. The summed E-state index contributed by atoms with van der Waals surface area (Å²) in [5.74, 6) is 0.654. The molecule has 1 amide bonds. The maximum atomic E-state index is 12.9. The van der Waals surface area contributed by atoms with Crippen molar-refractivity contribution in [1.29, 1.82) is 0 Å². The van der Waals surface area contributed by atoms with Crippen LogP contribution in [0, 0.1) is 6.92 Å². The number of amides is 1. The second-order valence-electron chi connectivity index (χ2n) is 7.08. The van der Waals surface area contributed by atoms with Crippen LogP contribution in [0.4, 0.5) is 5.69 Å². The van der Waals surface area contributed by atoms with Gasteiger partial charge in [0.1, 0.15) is 5.75 Å². The molecule has 2 aromatic carbocycles. The summed E-state index contributed by atoms with van der Waals surface area (Å²) in [5.41, 5.74) is 4.35. The fraction of sp³-hybridized carbons (Fsp3) is 0.261. The molecule has 144 valence electrons. The van der Waals surface area contributed by atoms with Gasteiger partial charge in [0.15, 0.2) is 0 Å². The topological polar surface area (TPSA) is 41.6 Å². The quantitative estimate of drug-likeness (QED) is 0.687. The van der Waals surface area contributed by atoms with Crippen LogP contribution in [0.15, 0.2) is 60.0 Å². The molecule has 0 aliphatic carbocycles. The second kappa shape index (κ2) is 8.17. The van der Waals surface area contributed by atoms with Crippen molar-refractivity contribution in [1.82, 2.24) is 4.90 Å². The number of nitrogens with zero attached hydrogens (tertiary/aromatic N) is 1. The highest BCUT2D eigenvalue weighted by atomic mass is 32.1. The Bertz CT molecular complexity index is 968. The third-order valence-electron chi connectivity index (χ3n) is 5.16. The molecule has 0 bridgehead atoms. The highest BCUT2D eigenvalue weighted by molar-refractivity contribution is 7.10. The van der Waals surface area contributed by atoms with Crippen molar-refractivity contribution in [3.05, 3.63) is 81.5 Å². The second-order valence-corrected chi connectivity index (χ2v) is 8.09. The first kappa shape index (κ1) is 18.7. The third kappa shape index (κ3) is 3.81. The van der Waals surface area contributed by atoms with Crippen LogP contribution >= 0.6 is 11.3 Å². The van der Waals surface area contributed by atoms with Crippen molar-refractivity contribution >= 4 is 22.9 Å². The predicted molar refractivity (Wildman–Crippen MR) is 114 cm³/mol. The summed E-state index contributed by atoms with van der Waals surface area (Å²) in [6.07, 6.45) is 0.984. The Morgan fingerprint density at radius 3 is 2.82 bits per heavy atom. The van der Waals surface area contributed by atoms with Crippen molar-refractivity contribution in [3.63, 3.8) is 0 Å². The van der Waals surface area contributed by atoms with E-state index in [0.29, 0.717) is 12.3 Å². The lowest BCUT2D eigenvalue weighted by molar-refractivity contribution is -0.117. The molecule has 0 fully saturated rings. The van der Waals surface area contributed by atoms with E-state index in [1.54, 1.807) is 7.11 Å². The largest absolute Gasteiger partial charge is 0.495 e. The van der Waals surface area contributed by atoms with Crippen LogP contribution in [-0.4, -0.2) is 31.0 Å². The number of benzene rings is 2. The summed E-state index contributed by atoms with van der Waals surface area (Å²) in [6, 6.07) is 18.6. The number of carbonyl (C=O) groups excluding carboxylic acids is 1. The normalized spacial score (nSPS) is 16.4. The Balaban J connectivity index is 1.57. The molecule has 0 radical (unpaired) electrons. The van der Waals surface area contributed by atoms with Crippen LogP contribution in [0.3, 0.4) is 0 Å². The molecule has 28 heavy (non-hydrogen) atoms. The van der Waals surface area contributed by atoms with Crippen LogP contribution in [0.5, 0.6) is 5.75 Å². The van der Waals surface area contributed by atoms with E-state index in [0.717, 1.165) is 24.2 Å². The number of methoxy groups -OCH3 is 1. The molecule has 4 nitrogen and oxygen atoms in total. The molecule has 5 heteroatoms. The minimum Gasteiger partial charge on any atom is -0.495 e. The van der Waals surface area contributed by atoms with Gasteiger partial charge in [0.05, 0.1) is 25.4 Å². The molecule has 1 aromatic heterocycles. The van der Waals surface area contributed by atoms with Crippen LogP contribution in [0.1, 0.15) is 27.6 Å². The molecule has 0 saturated heterocycles. The lowest BCUT2D eigenvalue weighted by Gasteiger charge is -2.35. The molecular formula is C23H24N2O2S. The summed E-state index contributed by atoms with van der Waals surface area (Å²) < 4.78 is 5.39. The van der Waals surface area contributed by atoms with Gasteiger partial charge in [-0.25, -0.2) is 0 Å². The number of thiophene rings is 1. The first-order chi connectivity index (χ1) is 13.7. The summed E-state index contributed by atoms with van der Waals surface area (Å²) in [4.78, 5) is 16.6. The van der Waals surface area contributed by atoms with E-state index in [2.05, 4.69) is 45.9 Å². The smallest absolute Gasteiger partial charge is 0.238 e. The Kier molecular flexibility index (Phi) is 5.46. The van der Waals surface area contributed by atoms with E-state index < -0.39 is 0 Å². The van der Waals surface area contributed by atoms with E-state index in [-0.39, 0.29) is 11.9 Å². The van der Waals surface area contributed by atoms with Crippen molar-refractivity contribution in [2.24, 2.45) is 0 Å². The number of nitrogens with one attached hydrogen (secondary N) is 1. The number of hydrogen-bond donors (Lipinski definition) is 1. The Morgan fingerprint density at radius 1 is 1.21 bits per heavy atom. The maximum absolute atomic E-state index is 12.9. The van der Waals surface area contributed by atoms with Gasteiger partial charge in [0, 0.05) is 11.4 Å². The zero-order valence-electron chi connectivity index (χ0n) is 16.1. The van der Waals surface area contributed by atoms with Gasteiger partial charge in [-0.05, 0) is 53.6 Å². The minimum atomic E-state index is -0.0245. The molecule has 1 N–H and O–H groups in total. The first-order valence-corrected chi connectivity index (χ1v) is 10.3. The lowest BCUT2D eigenvalue weighted by Crippen LogP contribution is -2.40. The third-order valence-corrected chi connectivity index (χ3v) is 6.15. The van der Waals surface area contributed by atoms with Crippen LogP contribution in [0.2, 0.25) is 0 Å². The monoisotopic (exact) mass is 392 g/mol.